The summed E-state index contributed by atoms with van der Waals surface area (Å²) in [7, 11) is 1.19. The zero-order chi connectivity index (χ0) is 12.7. The van der Waals surface area contributed by atoms with Gasteiger partial charge in [-0.2, -0.15) is 0 Å². The van der Waals surface area contributed by atoms with Crippen molar-refractivity contribution in [1.82, 2.24) is 10.3 Å². The number of aliphatic hydroxyl groups excluding tert-OH is 1. The number of aliphatic hydroxyl groups is 1. The van der Waals surface area contributed by atoms with Gasteiger partial charge in [-0.1, -0.05) is 0 Å². The van der Waals surface area contributed by atoms with Crippen LogP contribution in [0.4, 0.5) is 0 Å². The van der Waals surface area contributed by atoms with Crippen LogP contribution in [0.5, 0.6) is 0 Å². The second kappa shape index (κ2) is 6.59. The molecule has 0 aliphatic carbocycles. The van der Waals surface area contributed by atoms with Crippen molar-refractivity contribution in [2.75, 3.05) is 13.7 Å². The van der Waals surface area contributed by atoms with Gasteiger partial charge in [0.25, 0.3) is 0 Å². The molecule has 0 fully saturated rings. The van der Waals surface area contributed by atoms with E-state index in [1.165, 1.54) is 7.11 Å². The third-order valence-electron chi connectivity index (χ3n) is 2.12. The van der Waals surface area contributed by atoms with Crippen LogP contribution < -0.4 is 5.32 Å². The van der Waals surface area contributed by atoms with E-state index in [1.807, 2.05) is 0 Å². The summed E-state index contributed by atoms with van der Waals surface area (Å²) in [4.78, 5) is 26.5. The molecule has 1 aromatic rings. The number of pyridine rings is 1. The summed E-state index contributed by atoms with van der Waals surface area (Å²) in [5.74, 6) is -1.03. The maximum Gasteiger partial charge on any atom is 0.330 e. The number of hydrogen-bond acceptors (Lipinski definition) is 5. The highest BCUT2D eigenvalue weighted by molar-refractivity contribution is 5.85. The van der Waals surface area contributed by atoms with E-state index in [4.69, 9.17) is 5.11 Å². The summed E-state index contributed by atoms with van der Waals surface area (Å²) >= 11 is 0. The minimum absolute atomic E-state index is 0.121. The predicted octanol–water partition coefficient (Wildman–Crippen LogP) is -0.726. The summed E-state index contributed by atoms with van der Waals surface area (Å²) in [6, 6.07) is 2.38. The monoisotopic (exact) mass is 238 g/mol. The average Bonchev–Trinajstić information content (AvgIpc) is 2.36. The maximum atomic E-state index is 11.6. The van der Waals surface area contributed by atoms with Crippen LogP contribution in [0.15, 0.2) is 24.5 Å². The number of carbonyl (C=O) groups is 2. The van der Waals surface area contributed by atoms with Crippen LogP contribution in [-0.4, -0.2) is 41.7 Å². The molecule has 0 saturated heterocycles. The third-order valence-corrected chi connectivity index (χ3v) is 2.12. The van der Waals surface area contributed by atoms with Gasteiger partial charge in [-0.3, -0.25) is 9.78 Å². The predicted molar refractivity (Wildman–Crippen MR) is 59.0 cm³/mol. The van der Waals surface area contributed by atoms with E-state index in [0.29, 0.717) is 0 Å². The fraction of sp³-hybridized carbons (Fsp3) is 0.364. The second-order valence-corrected chi connectivity index (χ2v) is 3.36. The van der Waals surface area contributed by atoms with Gasteiger partial charge in [0.05, 0.1) is 20.1 Å². The molecule has 6 nitrogen and oxygen atoms in total. The molecule has 0 aliphatic heterocycles. The van der Waals surface area contributed by atoms with Crippen LogP contribution in [0.1, 0.15) is 5.56 Å². The molecule has 1 aromatic heterocycles. The smallest absolute Gasteiger partial charge is 0.330 e. The van der Waals surface area contributed by atoms with Gasteiger partial charge in [0, 0.05) is 12.4 Å². The molecule has 1 unspecified atom stereocenters. The Morgan fingerprint density at radius 3 is 2.65 bits per heavy atom. The number of aromatic nitrogens is 1. The number of nitrogens with zero attached hydrogens (tertiary/aromatic N) is 1. The molecule has 0 aromatic carbocycles. The van der Waals surface area contributed by atoms with Crippen LogP contribution in [-0.2, 0) is 20.7 Å². The molecule has 1 heterocycles. The summed E-state index contributed by atoms with van der Waals surface area (Å²) in [6.07, 6.45) is 3.27. The van der Waals surface area contributed by atoms with E-state index in [1.54, 1.807) is 24.5 Å². The van der Waals surface area contributed by atoms with Gasteiger partial charge in [-0.05, 0) is 17.7 Å². The number of hydrogen-bond donors (Lipinski definition) is 2. The molecule has 17 heavy (non-hydrogen) atoms. The van der Waals surface area contributed by atoms with Gasteiger partial charge >= 0.3 is 5.97 Å². The Kier molecular flexibility index (Phi) is 5.09. The van der Waals surface area contributed by atoms with Crippen LogP contribution in [0.2, 0.25) is 0 Å². The van der Waals surface area contributed by atoms with E-state index in [0.717, 1.165) is 5.56 Å². The van der Waals surface area contributed by atoms with Gasteiger partial charge in [0.15, 0.2) is 6.04 Å². The average molecular weight is 238 g/mol. The highest BCUT2D eigenvalue weighted by Crippen LogP contribution is 1.98. The Balaban J connectivity index is 2.51. The normalized spacial score (nSPS) is 11.6. The molecule has 0 radical (unpaired) electrons. The molecule has 92 valence electrons. The van der Waals surface area contributed by atoms with E-state index < -0.39 is 18.6 Å². The maximum absolute atomic E-state index is 11.6. The zero-order valence-corrected chi connectivity index (χ0v) is 9.42. The lowest BCUT2D eigenvalue weighted by Gasteiger charge is -2.13. The minimum Gasteiger partial charge on any atom is -0.467 e. The van der Waals surface area contributed by atoms with Gasteiger partial charge in [-0.25, -0.2) is 4.79 Å². The van der Waals surface area contributed by atoms with Gasteiger partial charge in [0.1, 0.15) is 0 Å². The first-order chi connectivity index (χ1) is 8.17. The van der Waals surface area contributed by atoms with Crippen molar-refractivity contribution in [3.8, 4) is 0 Å². The first-order valence-corrected chi connectivity index (χ1v) is 5.04. The molecule has 2 N–H and O–H groups in total. The lowest BCUT2D eigenvalue weighted by Crippen LogP contribution is -2.44. The minimum atomic E-state index is -1.02. The molecular weight excluding hydrogens is 224 g/mol. The first kappa shape index (κ1) is 13.1. The first-order valence-electron chi connectivity index (χ1n) is 5.04. The molecule has 6 heteroatoms. The molecule has 1 atom stereocenters. The zero-order valence-electron chi connectivity index (χ0n) is 9.42. The highest BCUT2D eigenvalue weighted by Gasteiger charge is 2.20. The van der Waals surface area contributed by atoms with Crippen molar-refractivity contribution < 1.29 is 19.4 Å². The molecule has 0 saturated carbocycles. The molecule has 0 bridgehead atoms. The molecular formula is C11H14N2O4. The summed E-state index contributed by atoms with van der Waals surface area (Å²) in [5, 5.41) is 11.3. The summed E-state index contributed by atoms with van der Waals surface area (Å²) in [6.45, 7) is -0.491. The van der Waals surface area contributed by atoms with Crippen LogP contribution in [0, 0.1) is 0 Å². The Labute approximate surface area is 98.6 Å². The van der Waals surface area contributed by atoms with E-state index in [2.05, 4.69) is 15.0 Å². The number of amides is 1. The Bertz CT molecular complexity index is 380. The fourth-order valence-electron chi connectivity index (χ4n) is 1.25. The highest BCUT2D eigenvalue weighted by atomic mass is 16.5. The van der Waals surface area contributed by atoms with Crippen molar-refractivity contribution >= 4 is 11.9 Å². The van der Waals surface area contributed by atoms with Crippen molar-refractivity contribution in [2.45, 2.75) is 12.5 Å². The fourth-order valence-corrected chi connectivity index (χ4v) is 1.25. The lowest BCUT2D eigenvalue weighted by molar-refractivity contribution is -0.146. The van der Waals surface area contributed by atoms with Gasteiger partial charge in [-0.15, -0.1) is 0 Å². The Morgan fingerprint density at radius 1 is 1.47 bits per heavy atom. The Hall–Kier alpha value is -1.95. The number of ether oxygens (including phenoxy) is 1. The quantitative estimate of drug-likeness (QED) is 0.660. The van der Waals surface area contributed by atoms with Crippen LogP contribution in [0.3, 0.4) is 0 Å². The topological polar surface area (TPSA) is 88.5 Å². The number of carbonyl (C=O) groups excluding carboxylic acids is 2. The van der Waals surface area contributed by atoms with Gasteiger partial charge < -0.3 is 15.2 Å². The number of rotatable bonds is 5. The largest absolute Gasteiger partial charge is 0.467 e. The molecule has 0 aliphatic rings. The van der Waals surface area contributed by atoms with E-state index in [9.17, 15) is 9.59 Å². The molecule has 0 spiro atoms. The van der Waals surface area contributed by atoms with Crippen molar-refractivity contribution in [3.63, 3.8) is 0 Å². The van der Waals surface area contributed by atoms with Gasteiger partial charge in [0.2, 0.25) is 5.91 Å². The number of nitrogens with one attached hydrogen (secondary N) is 1. The standard InChI is InChI=1S/C11H14N2O4/c1-17-11(16)9(7-14)13-10(15)6-8-2-4-12-5-3-8/h2-5,9,14H,6-7H2,1H3,(H,13,15). The van der Waals surface area contributed by atoms with E-state index in [-0.39, 0.29) is 12.3 Å². The second-order valence-electron chi connectivity index (χ2n) is 3.36. The molecule has 1 amide bonds. The van der Waals surface area contributed by atoms with Crippen molar-refractivity contribution in [2.24, 2.45) is 0 Å². The SMILES string of the molecule is COC(=O)C(CO)NC(=O)Cc1ccncc1. The Morgan fingerprint density at radius 2 is 2.12 bits per heavy atom. The van der Waals surface area contributed by atoms with Crippen molar-refractivity contribution in [1.29, 1.82) is 0 Å². The number of methoxy groups -OCH3 is 1. The van der Waals surface area contributed by atoms with Crippen molar-refractivity contribution in [3.05, 3.63) is 30.1 Å². The molecule has 1 rings (SSSR count). The number of esters is 1. The summed E-state index contributed by atoms with van der Waals surface area (Å²) in [5.41, 5.74) is 0.777. The van der Waals surface area contributed by atoms with Crippen LogP contribution in [0.25, 0.3) is 0 Å². The lowest BCUT2D eigenvalue weighted by atomic mass is 10.2. The summed E-state index contributed by atoms with van der Waals surface area (Å²) < 4.78 is 4.43. The van der Waals surface area contributed by atoms with E-state index >= 15 is 0 Å². The third kappa shape index (κ3) is 4.20. The van der Waals surface area contributed by atoms with Crippen LogP contribution >= 0.6 is 0 Å².